The van der Waals surface area contributed by atoms with Crippen LogP contribution >= 0.6 is 0 Å². The first-order chi connectivity index (χ1) is 8.15. The summed E-state index contributed by atoms with van der Waals surface area (Å²) in [5, 5.41) is 0. The minimum Gasteiger partial charge on any atom is -0.466 e. The number of aldehydes is 1. The maximum atomic E-state index is 11.7. The summed E-state index contributed by atoms with van der Waals surface area (Å²) in [6.45, 7) is 2.73. The molecule has 98 valence electrons. The van der Waals surface area contributed by atoms with E-state index < -0.39 is 5.97 Å². The van der Waals surface area contributed by atoms with Gasteiger partial charge < -0.3 is 19.2 Å². The van der Waals surface area contributed by atoms with Crippen LogP contribution in [0.5, 0.6) is 0 Å². The van der Waals surface area contributed by atoms with Crippen LogP contribution in [-0.2, 0) is 23.9 Å². The molecule has 0 fully saturated rings. The molecule has 6 nitrogen and oxygen atoms in total. The fourth-order valence-corrected chi connectivity index (χ4v) is 1.21. The quantitative estimate of drug-likeness (QED) is 0.422. The lowest BCUT2D eigenvalue weighted by Gasteiger charge is -2.19. The molecule has 17 heavy (non-hydrogen) atoms. The second kappa shape index (κ2) is 9.77. The summed E-state index contributed by atoms with van der Waals surface area (Å²) in [5.41, 5.74) is 0. The Hall–Kier alpha value is -1.43. The third kappa shape index (κ3) is 7.46. The van der Waals surface area contributed by atoms with Gasteiger partial charge in [-0.05, 0) is 6.92 Å². The summed E-state index contributed by atoms with van der Waals surface area (Å²) in [7, 11) is 1.52. The maximum absolute atomic E-state index is 11.7. The third-order valence-electron chi connectivity index (χ3n) is 2.06. The molecule has 0 unspecified atom stereocenters. The zero-order chi connectivity index (χ0) is 13.1. The van der Waals surface area contributed by atoms with Crippen LogP contribution in [0, 0.1) is 0 Å². The molecule has 0 bridgehead atoms. The van der Waals surface area contributed by atoms with Crippen LogP contribution in [-0.4, -0.2) is 56.5 Å². The molecule has 1 amide bonds. The van der Waals surface area contributed by atoms with Crippen molar-refractivity contribution in [3.63, 3.8) is 0 Å². The average molecular weight is 245 g/mol. The molecule has 0 N–H and O–H groups in total. The zero-order valence-electron chi connectivity index (χ0n) is 10.3. The molecular formula is C11H19NO5. The predicted molar refractivity (Wildman–Crippen MR) is 60.4 cm³/mol. The van der Waals surface area contributed by atoms with Crippen LogP contribution in [0.1, 0.15) is 19.8 Å². The molecular weight excluding hydrogens is 226 g/mol. The lowest BCUT2D eigenvalue weighted by molar-refractivity contribution is -0.145. The largest absolute Gasteiger partial charge is 0.466 e. The number of nitrogens with zero attached hydrogens (tertiary/aromatic N) is 1. The summed E-state index contributed by atoms with van der Waals surface area (Å²) in [6.07, 6.45) is 0.739. The van der Waals surface area contributed by atoms with E-state index in [4.69, 9.17) is 9.47 Å². The fourth-order valence-electron chi connectivity index (χ4n) is 1.21. The van der Waals surface area contributed by atoms with Gasteiger partial charge in [0.15, 0.2) is 0 Å². The molecule has 0 aromatic rings. The van der Waals surface area contributed by atoms with Gasteiger partial charge in [-0.1, -0.05) is 0 Å². The van der Waals surface area contributed by atoms with Gasteiger partial charge in [0, 0.05) is 20.1 Å². The van der Waals surface area contributed by atoms with Gasteiger partial charge in [-0.25, -0.2) is 0 Å². The Morgan fingerprint density at radius 3 is 2.53 bits per heavy atom. The molecule has 0 aromatic heterocycles. The van der Waals surface area contributed by atoms with Crippen molar-refractivity contribution >= 4 is 18.2 Å². The Bertz CT molecular complexity index is 254. The van der Waals surface area contributed by atoms with Gasteiger partial charge in [0.05, 0.1) is 26.2 Å². The fraction of sp³-hybridized carbons (Fsp3) is 0.727. The number of methoxy groups -OCH3 is 1. The monoisotopic (exact) mass is 245 g/mol. The molecule has 0 saturated carbocycles. The molecule has 0 radical (unpaired) electrons. The summed E-state index contributed by atoms with van der Waals surface area (Å²) in [4.78, 5) is 34.5. The van der Waals surface area contributed by atoms with Crippen molar-refractivity contribution in [1.82, 2.24) is 4.90 Å². The van der Waals surface area contributed by atoms with Gasteiger partial charge in [-0.2, -0.15) is 0 Å². The van der Waals surface area contributed by atoms with Gasteiger partial charge in [0.25, 0.3) is 0 Å². The maximum Gasteiger partial charge on any atom is 0.306 e. The van der Waals surface area contributed by atoms with Crippen molar-refractivity contribution in [2.45, 2.75) is 19.8 Å². The van der Waals surface area contributed by atoms with Crippen LogP contribution in [0.3, 0.4) is 0 Å². The van der Waals surface area contributed by atoms with E-state index in [0.29, 0.717) is 26.0 Å². The van der Waals surface area contributed by atoms with Crippen molar-refractivity contribution in [2.24, 2.45) is 0 Å². The van der Waals surface area contributed by atoms with Gasteiger partial charge in [0.2, 0.25) is 5.91 Å². The lowest BCUT2D eigenvalue weighted by atomic mass is 10.2. The van der Waals surface area contributed by atoms with E-state index in [0.717, 1.165) is 0 Å². The van der Waals surface area contributed by atoms with Crippen LogP contribution in [0.2, 0.25) is 0 Å². The van der Waals surface area contributed by atoms with Gasteiger partial charge in [-0.3, -0.25) is 9.59 Å². The highest BCUT2D eigenvalue weighted by Gasteiger charge is 2.14. The molecule has 0 aliphatic carbocycles. The standard InChI is InChI=1S/C11H19NO5/c1-3-17-11(15)5-4-10(14)12(6-8-13)7-9-16-2/h8H,3-7,9H2,1-2H3. The highest BCUT2D eigenvalue weighted by Crippen LogP contribution is 1.99. The van der Waals surface area contributed by atoms with Crippen LogP contribution < -0.4 is 0 Å². The van der Waals surface area contributed by atoms with Gasteiger partial charge >= 0.3 is 5.97 Å². The van der Waals surface area contributed by atoms with E-state index >= 15 is 0 Å². The number of esters is 1. The number of rotatable bonds is 9. The first kappa shape index (κ1) is 15.6. The molecule has 0 aromatic carbocycles. The molecule has 6 heteroatoms. The Balaban J connectivity index is 4.03. The summed E-state index contributed by atoms with van der Waals surface area (Å²) < 4.78 is 9.54. The highest BCUT2D eigenvalue weighted by molar-refractivity contribution is 5.82. The number of amides is 1. The first-order valence-electron chi connectivity index (χ1n) is 5.51. The molecule has 0 atom stereocenters. The van der Waals surface area contributed by atoms with E-state index in [2.05, 4.69) is 0 Å². The normalized spacial score (nSPS) is 9.76. The van der Waals surface area contributed by atoms with E-state index in [1.807, 2.05) is 0 Å². The average Bonchev–Trinajstić information content (AvgIpc) is 2.32. The first-order valence-corrected chi connectivity index (χ1v) is 5.51. The number of hydrogen-bond donors (Lipinski definition) is 0. The Morgan fingerprint density at radius 2 is 2.00 bits per heavy atom. The number of carbonyl (C=O) groups is 3. The highest BCUT2D eigenvalue weighted by atomic mass is 16.5. The van der Waals surface area contributed by atoms with E-state index in [1.54, 1.807) is 6.92 Å². The van der Waals surface area contributed by atoms with Crippen molar-refractivity contribution in [2.75, 3.05) is 33.4 Å². The van der Waals surface area contributed by atoms with Crippen molar-refractivity contribution in [3.8, 4) is 0 Å². The van der Waals surface area contributed by atoms with Gasteiger partial charge in [0.1, 0.15) is 6.29 Å². The van der Waals surface area contributed by atoms with E-state index in [9.17, 15) is 14.4 Å². The number of hydrogen-bond acceptors (Lipinski definition) is 5. The van der Waals surface area contributed by atoms with E-state index in [-0.39, 0.29) is 25.3 Å². The minimum atomic E-state index is -0.404. The number of ether oxygens (including phenoxy) is 2. The second-order valence-corrected chi connectivity index (χ2v) is 3.30. The van der Waals surface area contributed by atoms with E-state index in [1.165, 1.54) is 12.0 Å². The molecule has 0 aliphatic rings. The Morgan fingerprint density at radius 1 is 1.29 bits per heavy atom. The molecule has 0 spiro atoms. The third-order valence-corrected chi connectivity index (χ3v) is 2.06. The van der Waals surface area contributed by atoms with Crippen LogP contribution in [0.15, 0.2) is 0 Å². The van der Waals surface area contributed by atoms with Crippen molar-refractivity contribution < 1.29 is 23.9 Å². The summed E-state index contributed by atoms with van der Waals surface area (Å²) in [5.74, 6) is -0.652. The second-order valence-electron chi connectivity index (χ2n) is 3.30. The summed E-state index contributed by atoms with van der Waals surface area (Å²) in [6, 6.07) is 0. The summed E-state index contributed by atoms with van der Waals surface area (Å²) >= 11 is 0. The predicted octanol–water partition coefficient (Wildman–Crippen LogP) is 0.00360. The SMILES string of the molecule is CCOC(=O)CCC(=O)N(CC=O)CCOC. The van der Waals surface area contributed by atoms with Crippen molar-refractivity contribution in [3.05, 3.63) is 0 Å². The van der Waals surface area contributed by atoms with Crippen LogP contribution in [0.25, 0.3) is 0 Å². The van der Waals surface area contributed by atoms with Crippen LogP contribution in [0.4, 0.5) is 0 Å². The zero-order valence-corrected chi connectivity index (χ0v) is 10.3. The lowest BCUT2D eigenvalue weighted by Crippen LogP contribution is -2.35. The molecule has 0 heterocycles. The molecule has 0 rings (SSSR count). The number of carbonyl (C=O) groups excluding carboxylic acids is 3. The smallest absolute Gasteiger partial charge is 0.306 e. The minimum absolute atomic E-state index is 0.0189. The Labute approximate surface area is 101 Å². The Kier molecular flexibility index (Phi) is 8.95. The van der Waals surface area contributed by atoms with Crippen molar-refractivity contribution in [1.29, 1.82) is 0 Å². The molecule has 0 saturated heterocycles. The van der Waals surface area contributed by atoms with Gasteiger partial charge in [-0.15, -0.1) is 0 Å². The topological polar surface area (TPSA) is 72.9 Å². The molecule has 0 aliphatic heterocycles.